The van der Waals surface area contributed by atoms with Gasteiger partial charge in [0.1, 0.15) is 0 Å². The number of nitrogen functional groups attached to an aromatic ring is 1. The van der Waals surface area contributed by atoms with Gasteiger partial charge in [0, 0.05) is 11.8 Å². The Hall–Kier alpha value is -2.90. The molecule has 0 aliphatic heterocycles. The Bertz CT molecular complexity index is 856. The fourth-order valence-electron chi connectivity index (χ4n) is 1.74. The summed E-state index contributed by atoms with van der Waals surface area (Å²) >= 11 is 0.592. The van der Waals surface area contributed by atoms with Gasteiger partial charge < -0.3 is 11.2 Å². The third-order valence-corrected chi connectivity index (χ3v) is 4.04. The van der Waals surface area contributed by atoms with Crippen molar-refractivity contribution >= 4 is 29.0 Å². The van der Waals surface area contributed by atoms with Crippen LogP contribution in [0.25, 0.3) is 0 Å². The topological polar surface area (TPSA) is 129 Å². The van der Waals surface area contributed by atoms with Gasteiger partial charge in [-0.05, 0) is 19.1 Å². The zero-order valence-electron chi connectivity index (χ0n) is 12.8. The molecule has 0 aliphatic rings. The second-order valence-corrected chi connectivity index (χ2v) is 6.15. The number of rotatable bonds is 5. The number of carbonyl (C=O) groups is 1. The van der Waals surface area contributed by atoms with Gasteiger partial charge in [-0.1, -0.05) is 11.8 Å². The summed E-state index contributed by atoms with van der Waals surface area (Å²) in [7, 11) is 0. The minimum Gasteiger partial charge on any atom is -0.335 e. The van der Waals surface area contributed by atoms with Crippen molar-refractivity contribution in [1.29, 1.82) is 0 Å². The zero-order chi connectivity index (χ0) is 19.6. The number of thioether (sulfide) groups is 1. The van der Waals surface area contributed by atoms with E-state index in [0.717, 1.165) is 18.2 Å². The number of nitrogens with two attached hydrogens (primary N) is 1. The first-order chi connectivity index (χ1) is 12.0. The van der Waals surface area contributed by atoms with Gasteiger partial charge in [0.2, 0.25) is 16.9 Å². The summed E-state index contributed by atoms with van der Waals surface area (Å²) in [6, 6.07) is 2.72. The number of carbonyl (C=O) groups excluding carboxylic acids is 1. The van der Waals surface area contributed by atoms with Crippen LogP contribution in [0.1, 0.15) is 12.7 Å². The highest BCUT2D eigenvalue weighted by molar-refractivity contribution is 8.00. The number of benzene rings is 1. The van der Waals surface area contributed by atoms with Crippen LogP contribution >= 0.6 is 11.8 Å². The SMILES string of the molecule is C[C@H](Sc1nnc(C(F)(F)F)n1N)C(=O)Nc1ccc(F)c([N+](=O)[O-])c1. The molecule has 1 aromatic carbocycles. The number of aromatic nitrogens is 3. The maximum atomic E-state index is 13.3. The van der Waals surface area contributed by atoms with Crippen LogP contribution in [0.4, 0.5) is 28.9 Å². The predicted octanol–water partition coefficient (Wildman–Crippen LogP) is 2.18. The molecule has 0 unspecified atom stereocenters. The highest BCUT2D eigenvalue weighted by Gasteiger charge is 2.38. The smallest absolute Gasteiger partial charge is 0.335 e. The van der Waals surface area contributed by atoms with E-state index in [1.807, 2.05) is 0 Å². The van der Waals surface area contributed by atoms with E-state index in [4.69, 9.17) is 5.84 Å². The van der Waals surface area contributed by atoms with Gasteiger partial charge in [0.25, 0.3) is 5.82 Å². The monoisotopic (exact) mass is 394 g/mol. The normalized spacial score (nSPS) is 12.7. The number of nitro groups is 1. The van der Waals surface area contributed by atoms with E-state index in [2.05, 4.69) is 15.5 Å². The number of anilines is 1. The molecule has 1 amide bonds. The number of hydrogen-bond acceptors (Lipinski definition) is 7. The fourth-order valence-corrected chi connectivity index (χ4v) is 2.51. The van der Waals surface area contributed by atoms with Gasteiger partial charge >= 0.3 is 11.9 Å². The van der Waals surface area contributed by atoms with Gasteiger partial charge in [0.15, 0.2) is 0 Å². The van der Waals surface area contributed by atoms with E-state index in [1.165, 1.54) is 6.92 Å². The molecule has 0 bridgehead atoms. The molecule has 0 fully saturated rings. The molecule has 1 atom stereocenters. The number of nitro benzene ring substituents is 1. The van der Waals surface area contributed by atoms with E-state index in [-0.39, 0.29) is 15.5 Å². The lowest BCUT2D eigenvalue weighted by Crippen LogP contribution is -2.25. The number of nitrogens with zero attached hydrogens (tertiary/aromatic N) is 4. The lowest BCUT2D eigenvalue weighted by molar-refractivity contribution is -0.387. The quantitative estimate of drug-likeness (QED) is 0.261. The number of amides is 1. The molecule has 26 heavy (non-hydrogen) atoms. The lowest BCUT2D eigenvalue weighted by atomic mass is 10.2. The average Bonchev–Trinajstić information content (AvgIpc) is 2.89. The van der Waals surface area contributed by atoms with E-state index in [1.54, 1.807) is 0 Å². The van der Waals surface area contributed by atoms with E-state index >= 15 is 0 Å². The molecule has 0 saturated carbocycles. The first-order valence-electron chi connectivity index (χ1n) is 6.70. The number of hydrogen-bond donors (Lipinski definition) is 2. The van der Waals surface area contributed by atoms with Gasteiger partial charge in [-0.25, -0.2) is 4.68 Å². The van der Waals surface area contributed by atoms with Gasteiger partial charge in [0.05, 0.1) is 10.2 Å². The molecule has 2 rings (SSSR count). The molecule has 0 saturated heterocycles. The molecule has 3 N–H and O–H groups in total. The summed E-state index contributed by atoms with van der Waals surface area (Å²) in [5.41, 5.74) is -0.889. The van der Waals surface area contributed by atoms with Crippen molar-refractivity contribution in [2.75, 3.05) is 11.2 Å². The van der Waals surface area contributed by atoms with Crippen LogP contribution in [0.15, 0.2) is 23.4 Å². The van der Waals surface area contributed by atoms with Gasteiger partial charge in [-0.15, -0.1) is 10.2 Å². The maximum absolute atomic E-state index is 13.3. The minimum atomic E-state index is -4.81. The van der Waals surface area contributed by atoms with Crippen LogP contribution in [0.5, 0.6) is 0 Å². The second kappa shape index (κ2) is 7.15. The molecular weight excluding hydrogens is 384 g/mol. The molecule has 0 spiro atoms. The van der Waals surface area contributed by atoms with Crippen molar-refractivity contribution in [3.05, 3.63) is 40.0 Å². The van der Waals surface area contributed by atoms with Crippen LogP contribution in [-0.2, 0) is 11.0 Å². The molecule has 2 aromatic rings. The zero-order valence-corrected chi connectivity index (χ0v) is 13.6. The van der Waals surface area contributed by atoms with E-state index < -0.39 is 39.6 Å². The molecule has 0 radical (unpaired) electrons. The Morgan fingerprint density at radius 1 is 1.42 bits per heavy atom. The predicted molar refractivity (Wildman–Crippen MR) is 82.2 cm³/mol. The molecule has 14 heteroatoms. The van der Waals surface area contributed by atoms with Gasteiger partial charge in [-0.2, -0.15) is 17.6 Å². The summed E-state index contributed by atoms with van der Waals surface area (Å²) < 4.78 is 51.3. The number of alkyl halides is 3. The Kier molecular flexibility index (Phi) is 5.34. The summed E-state index contributed by atoms with van der Waals surface area (Å²) in [4.78, 5) is 21.8. The standard InChI is InChI=1S/C12H10F4N6O3S/c1-5(26-11-20-19-10(21(11)17)12(14,15)16)9(23)18-6-2-3-7(13)8(4-6)22(24)25/h2-5H,17H2,1H3,(H,18,23)/t5-/m0/s1. The summed E-state index contributed by atoms with van der Waals surface area (Å²) in [5.74, 6) is 2.04. The molecule has 0 aliphatic carbocycles. The van der Waals surface area contributed by atoms with E-state index in [9.17, 15) is 32.5 Å². The minimum absolute atomic E-state index is 0.0549. The lowest BCUT2D eigenvalue weighted by Gasteiger charge is -2.12. The van der Waals surface area contributed by atoms with Crippen molar-refractivity contribution in [1.82, 2.24) is 14.9 Å². The molecule has 9 nitrogen and oxygen atoms in total. The largest absolute Gasteiger partial charge is 0.453 e. The van der Waals surface area contributed by atoms with Crippen molar-refractivity contribution in [2.45, 2.75) is 23.5 Å². The Balaban J connectivity index is 2.10. The first-order valence-corrected chi connectivity index (χ1v) is 7.57. The third-order valence-electron chi connectivity index (χ3n) is 2.98. The maximum Gasteiger partial charge on any atom is 0.453 e. The van der Waals surface area contributed by atoms with E-state index in [0.29, 0.717) is 11.8 Å². The van der Waals surface area contributed by atoms with Crippen LogP contribution in [0, 0.1) is 15.9 Å². The summed E-state index contributed by atoms with van der Waals surface area (Å²) in [5, 5.41) is 17.8. The van der Waals surface area contributed by atoms with Crippen molar-refractivity contribution in [3.8, 4) is 0 Å². The molecule has 140 valence electrons. The summed E-state index contributed by atoms with van der Waals surface area (Å²) in [6.45, 7) is 1.35. The van der Waals surface area contributed by atoms with Crippen molar-refractivity contribution < 1.29 is 27.3 Å². The van der Waals surface area contributed by atoms with Crippen LogP contribution in [0.2, 0.25) is 0 Å². The van der Waals surface area contributed by atoms with Crippen LogP contribution in [-0.4, -0.2) is 31.0 Å². The molecule has 1 aromatic heterocycles. The molecular formula is C12H10F4N6O3S. The van der Waals surface area contributed by atoms with Crippen molar-refractivity contribution in [3.63, 3.8) is 0 Å². The Morgan fingerprint density at radius 2 is 2.08 bits per heavy atom. The van der Waals surface area contributed by atoms with Crippen LogP contribution < -0.4 is 11.2 Å². The second-order valence-electron chi connectivity index (χ2n) is 4.85. The summed E-state index contributed by atoms with van der Waals surface area (Å²) in [6.07, 6.45) is -4.81. The first kappa shape index (κ1) is 19.4. The van der Waals surface area contributed by atoms with Gasteiger partial charge in [-0.3, -0.25) is 14.9 Å². The fraction of sp³-hybridized carbons (Fsp3) is 0.250. The molecule has 1 heterocycles. The average molecular weight is 394 g/mol. The Labute approximate surface area is 146 Å². The Morgan fingerprint density at radius 3 is 2.62 bits per heavy atom. The number of nitrogens with one attached hydrogen (secondary N) is 1. The van der Waals surface area contributed by atoms with Crippen LogP contribution in [0.3, 0.4) is 0 Å². The van der Waals surface area contributed by atoms with Crippen molar-refractivity contribution in [2.24, 2.45) is 0 Å². The third kappa shape index (κ3) is 4.19. The highest BCUT2D eigenvalue weighted by atomic mass is 32.2. The highest BCUT2D eigenvalue weighted by Crippen LogP contribution is 2.30. The number of halogens is 4.